The van der Waals surface area contributed by atoms with Crippen LogP contribution in [0.25, 0.3) is 11.2 Å². The van der Waals surface area contributed by atoms with Gasteiger partial charge in [0.05, 0.1) is 31.7 Å². The fraction of sp³-hybridized carbons (Fsp3) is 0.600. The Morgan fingerprint density at radius 1 is 1.21 bits per heavy atom. The first-order valence-electron chi connectivity index (χ1n) is 14.2. The van der Waals surface area contributed by atoms with Crippen LogP contribution in [-0.2, 0) is 37.3 Å². The number of nitrogen functional groups attached to an aromatic ring is 1. The van der Waals surface area contributed by atoms with Crippen LogP contribution >= 0.6 is 18.2 Å². The van der Waals surface area contributed by atoms with Crippen LogP contribution in [0.1, 0.15) is 32.7 Å². The summed E-state index contributed by atoms with van der Waals surface area (Å²) in [5.74, 6) is -0.375. The van der Waals surface area contributed by atoms with Crippen molar-refractivity contribution in [1.82, 2.24) is 29.1 Å². The molecule has 0 aliphatic carbocycles. The third-order valence-corrected chi connectivity index (χ3v) is 10.5. The Morgan fingerprint density at radius 2 is 2.00 bits per heavy atom. The molecule has 47 heavy (non-hydrogen) atoms. The SMILES string of the molecule is CO[C@@H]1C(n2ccc(=O)[nH]c2=O)O[C@H](CO)[C@@H]1O[P@](=O)(OC[C@H]1O[C@@H](n2cnc3c(N)ncnc32)C[C@H]1O)SCOC(=O)OC(C)C. The Bertz CT molecular complexity index is 1720. The molecule has 5 heterocycles. The number of nitrogens with one attached hydrogen (secondary N) is 1. The van der Waals surface area contributed by atoms with Gasteiger partial charge >= 0.3 is 18.6 Å². The van der Waals surface area contributed by atoms with Gasteiger partial charge in [-0.2, -0.15) is 0 Å². The number of aromatic nitrogens is 6. The molecule has 0 bridgehead atoms. The number of H-pyrrole nitrogens is 1. The molecule has 5 N–H and O–H groups in total. The van der Waals surface area contributed by atoms with E-state index < -0.39 is 92.4 Å². The first-order valence-corrected chi connectivity index (χ1v) is 17.3. The maximum Gasteiger partial charge on any atom is 0.509 e. The fourth-order valence-corrected chi connectivity index (χ4v) is 7.77. The second-order valence-corrected chi connectivity index (χ2v) is 14.6. The van der Waals surface area contributed by atoms with Crippen LogP contribution in [0.15, 0.2) is 34.5 Å². The van der Waals surface area contributed by atoms with Crippen LogP contribution in [-0.4, -0.2) is 108 Å². The average Bonchev–Trinajstić information content (AvgIpc) is 3.71. The number of nitrogens with two attached hydrogens (primary N) is 1. The maximum atomic E-state index is 14.2. The van der Waals surface area contributed by atoms with Crippen LogP contribution in [0, 0.1) is 0 Å². The number of aliphatic hydroxyl groups is 2. The number of methoxy groups -OCH3 is 1. The minimum absolute atomic E-state index is 0.0935. The zero-order chi connectivity index (χ0) is 33.9. The van der Waals surface area contributed by atoms with Crippen LogP contribution in [0.4, 0.5) is 10.6 Å². The smallest absolute Gasteiger partial charge is 0.432 e. The summed E-state index contributed by atoms with van der Waals surface area (Å²) in [6.45, 7) is -2.26. The highest BCUT2D eigenvalue weighted by Gasteiger charge is 2.51. The van der Waals surface area contributed by atoms with E-state index in [-0.39, 0.29) is 12.2 Å². The van der Waals surface area contributed by atoms with Crippen molar-refractivity contribution in [2.75, 3.05) is 32.0 Å². The molecule has 2 saturated heterocycles. The van der Waals surface area contributed by atoms with Gasteiger partial charge in [0.1, 0.15) is 42.5 Å². The molecule has 0 saturated carbocycles. The number of carbonyl (C=O) groups excluding carboxylic acids is 1. The molecule has 22 heteroatoms. The first kappa shape index (κ1) is 34.9. The van der Waals surface area contributed by atoms with Gasteiger partial charge < -0.3 is 39.6 Å². The van der Waals surface area contributed by atoms with E-state index in [2.05, 4.69) is 19.9 Å². The van der Waals surface area contributed by atoms with Gasteiger partial charge in [0.2, 0.25) is 0 Å². The van der Waals surface area contributed by atoms with Gasteiger partial charge in [-0.3, -0.25) is 28.0 Å². The van der Waals surface area contributed by atoms with E-state index in [0.717, 1.165) is 10.6 Å². The molecule has 2 fully saturated rings. The molecular formula is C25H34N7O13PS. The number of carbonyl (C=O) groups is 1. The molecule has 5 rings (SSSR count). The molecule has 3 aromatic rings. The summed E-state index contributed by atoms with van der Waals surface area (Å²) in [5, 5.41) is 20.9. The molecule has 258 valence electrons. The Balaban J connectivity index is 1.34. The van der Waals surface area contributed by atoms with E-state index >= 15 is 0 Å². The van der Waals surface area contributed by atoms with Crippen molar-refractivity contribution in [2.45, 2.75) is 69.3 Å². The Labute approximate surface area is 269 Å². The molecular weight excluding hydrogens is 669 g/mol. The highest BCUT2D eigenvalue weighted by Crippen LogP contribution is 2.63. The van der Waals surface area contributed by atoms with Gasteiger partial charge in [-0.25, -0.2) is 29.1 Å². The topological polar surface area (TPSA) is 264 Å². The largest absolute Gasteiger partial charge is 0.509 e. The Kier molecular flexibility index (Phi) is 11.0. The van der Waals surface area contributed by atoms with E-state index in [0.29, 0.717) is 22.5 Å². The van der Waals surface area contributed by atoms with Crippen molar-refractivity contribution < 1.29 is 52.3 Å². The van der Waals surface area contributed by atoms with Crippen molar-refractivity contribution in [3.8, 4) is 0 Å². The predicted molar refractivity (Wildman–Crippen MR) is 161 cm³/mol. The number of rotatable bonds is 13. The van der Waals surface area contributed by atoms with Gasteiger partial charge in [-0.1, -0.05) is 0 Å². The van der Waals surface area contributed by atoms with E-state index in [1.54, 1.807) is 18.4 Å². The molecule has 8 atom stereocenters. The van der Waals surface area contributed by atoms with Gasteiger partial charge in [0.25, 0.3) is 5.56 Å². The summed E-state index contributed by atoms with van der Waals surface area (Å²) >= 11 is 0.476. The van der Waals surface area contributed by atoms with Crippen molar-refractivity contribution in [1.29, 1.82) is 0 Å². The summed E-state index contributed by atoms with van der Waals surface area (Å²) in [6.07, 6.45) is -5.23. The normalized spacial score (nSPS) is 27.3. The lowest BCUT2D eigenvalue weighted by molar-refractivity contribution is -0.0625. The van der Waals surface area contributed by atoms with Gasteiger partial charge in [0, 0.05) is 37.2 Å². The summed E-state index contributed by atoms with van der Waals surface area (Å²) in [6, 6.07) is 1.09. The van der Waals surface area contributed by atoms with E-state index in [1.807, 2.05) is 0 Å². The quantitative estimate of drug-likeness (QED) is 0.106. The minimum Gasteiger partial charge on any atom is -0.432 e. The number of imidazole rings is 1. The molecule has 3 aromatic heterocycles. The molecule has 0 radical (unpaired) electrons. The molecule has 1 unspecified atom stereocenters. The third-order valence-electron chi connectivity index (χ3n) is 7.13. The molecule has 0 aromatic carbocycles. The Morgan fingerprint density at radius 3 is 2.70 bits per heavy atom. The summed E-state index contributed by atoms with van der Waals surface area (Å²) in [7, 11) is 1.28. The molecule has 0 spiro atoms. The third kappa shape index (κ3) is 7.85. The standard InChI is InChI=1S/C25H34N7O13PS/c1-12(2)42-25(37)40-11-47-46(38,45-19-14(7-33)44-23(20(19)39-3)31-5-4-16(35)30-24(31)36)41-8-15-13(34)6-17(43-15)32-10-29-18-21(26)27-9-28-22(18)32/h4-5,9-10,12-15,17,19-20,23,33-34H,6-8,11H2,1-3H3,(H2,26,27,28)(H,30,35,36)/t13-,14-,15-,17-,19+,20+,23?,46+/m1/s1. The number of fused-ring (bicyclic) bond motifs is 1. The Hall–Kier alpha value is -3.40. The molecule has 0 amide bonds. The number of ether oxygens (including phenoxy) is 5. The lowest BCUT2D eigenvalue weighted by Crippen LogP contribution is -2.39. The summed E-state index contributed by atoms with van der Waals surface area (Å²) in [5.41, 5.74) is 5.13. The average molecular weight is 704 g/mol. The maximum absolute atomic E-state index is 14.2. The molecule has 2 aliphatic heterocycles. The van der Waals surface area contributed by atoms with E-state index in [1.165, 1.54) is 26.0 Å². The van der Waals surface area contributed by atoms with Crippen LogP contribution in [0.5, 0.6) is 0 Å². The molecule has 2 aliphatic rings. The van der Waals surface area contributed by atoms with Crippen LogP contribution in [0.3, 0.4) is 0 Å². The number of anilines is 1. The number of aliphatic hydroxyl groups excluding tert-OH is 2. The van der Waals surface area contributed by atoms with Crippen molar-refractivity contribution >= 4 is 41.3 Å². The van der Waals surface area contributed by atoms with E-state index in [4.69, 9.17) is 38.5 Å². The van der Waals surface area contributed by atoms with Crippen LogP contribution < -0.4 is 17.0 Å². The fourth-order valence-electron chi connectivity index (χ4n) is 4.98. The highest BCUT2D eigenvalue weighted by atomic mass is 32.7. The van der Waals surface area contributed by atoms with Gasteiger partial charge in [0.15, 0.2) is 23.6 Å². The first-order chi connectivity index (χ1) is 22.4. The number of aromatic amines is 1. The van der Waals surface area contributed by atoms with E-state index in [9.17, 15) is 29.2 Å². The van der Waals surface area contributed by atoms with Crippen molar-refractivity contribution in [3.63, 3.8) is 0 Å². The van der Waals surface area contributed by atoms with Crippen molar-refractivity contribution in [3.05, 3.63) is 45.8 Å². The number of hydrogen-bond donors (Lipinski definition) is 4. The van der Waals surface area contributed by atoms with Gasteiger partial charge in [-0.05, 0) is 13.8 Å². The zero-order valence-corrected chi connectivity index (χ0v) is 27.0. The lowest BCUT2D eigenvalue weighted by Gasteiger charge is -2.28. The number of nitrogens with zero attached hydrogens (tertiary/aromatic N) is 5. The monoisotopic (exact) mass is 703 g/mol. The molecule has 20 nitrogen and oxygen atoms in total. The second kappa shape index (κ2) is 14.8. The zero-order valence-electron chi connectivity index (χ0n) is 25.3. The predicted octanol–water partition coefficient (Wildman–Crippen LogP) is 0.274. The van der Waals surface area contributed by atoms with Gasteiger partial charge in [-0.15, -0.1) is 0 Å². The number of hydrogen-bond acceptors (Lipinski definition) is 18. The minimum atomic E-state index is -4.38. The summed E-state index contributed by atoms with van der Waals surface area (Å²) < 4.78 is 55.8. The highest BCUT2D eigenvalue weighted by molar-refractivity contribution is 8.55. The summed E-state index contributed by atoms with van der Waals surface area (Å²) in [4.78, 5) is 50.5. The van der Waals surface area contributed by atoms with Crippen LogP contribution in [0.2, 0.25) is 0 Å². The lowest BCUT2D eigenvalue weighted by atomic mass is 10.1. The van der Waals surface area contributed by atoms with Crippen molar-refractivity contribution in [2.24, 2.45) is 0 Å². The second-order valence-electron chi connectivity index (χ2n) is 10.6.